The summed E-state index contributed by atoms with van der Waals surface area (Å²) in [5.41, 5.74) is 0.595. The van der Waals surface area contributed by atoms with Crippen LogP contribution in [0.15, 0.2) is 11.6 Å². The minimum Gasteiger partial charge on any atom is -0.413 e. The molecule has 0 amide bonds. The van der Waals surface area contributed by atoms with Crippen LogP contribution < -0.4 is 0 Å². The highest BCUT2D eigenvalue weighted by Crippen LogP contribution is 2.47. The van der Waals surface area contributed by atoms with Gasteiger partial charge in [-0.1, -0.05) is 73.9 Å². The zero-order chi connectivity index (χ0) is 27.2. The third-order valence-corrected chi connectivity index (χ3v) is 22.3. The fraction of sp³-hybridized carbons (Fsp3) is 0.920. The summed E-state index contributed by atoms with van der Waals surface area (Å²) in [6.07, 6.45) is 1.04. The van der Waals surface area contributed by atoms with E-state index in [0.717, 1.165) is 0 Å². The summed E-state index contributed by atoms with van der Waals surface area (Å²) in [7, 11) is 0.223. The van der Waals surface area contributed by atoms with E-state index in [9.17, 15) is 0 Å². The normalized spacial score (nSPS) is 28.2. The zero-order valence-corrected chi connectivity index (χ0v) is 28.4. The SMILES string of the molecule is [B][C@@H]1O[C@](/C=C\Cl)(CO[Si](C)(C)C(C)(C)C)[C@@H](O[Si](C)(C)C(C)(C)C)[C@H]1O[Si](C)(C)C(C)(C)C. The minimum absolute atomic E-state index is 0.0118. The Bertz CT molecular complexity index is 723. The lowest BCUT2D eigenvalue weighted by atomic mass is 9.89. The van der Waals surface area contributed by atoms with Gasteiger partial charge in [0, 0.05) is 11.5 Å². The Morgan fingerprint density at radius 1 is 0.794 bits per heavy atom. The molecule has 0 aromatic heterocycles. The zero-order valence-electron chi connectivity index (χ0n) is 24.7. The van der Waals surface area contributed by atoms with Crippen LogP contribution in [0.2, 0.25) is 54.4 Å². The molecule has 9 heteroatoms. The summed E-state index contributed by atoms with van der Waals surface area (Å²) >= 11 is 6.22. The molecule has 1 heterocycles. The summed E-state index contributed by atoms with van der Waals surface area (Å²) < 4.78 is 27.2. The van der Waals surface area contributed by atoms with Gasteiger partial charge in [0.15, 0.2) is 25.0 Å². The third kappa shape index (κ3) is 7.12. The molecule has 0 N–H and O–H groups in total. The van der Waals surface area contributed by atoms with E-state index >= 15 is 0 Å². The van der Waals surface area contributed by atoms with Crippen molar-refractivity contribution < 1.29 is 18.0 Å². The lowest BCUT2D eigenvalue weighted by Crippen LogP contribution is -2.58. The van der Waals surface area contributed by atoms with Crippen LogP contribution in [-0.4, -0.2) is 63.2 Å². The lowest BCUT2D eigenvalue weighted by molar-refractivity contribution is -0.0570. The van der Waals surface area contributed by atoms with Gasteiger partial charge in [0.25, 0.3) is 0 Å². The number of hydrogen-bond acceptors (Lipinski definition) is 4. The molecule has 4 nitrogen and oxygen atoms in total. The molecule has 4 atom stereocenters. The van der Waals surface area contributed by atoms with Gasteiger partial charge in [-0.15, -0.1) is 0 Å². The largest absolute Gasteiger partial charge is 0.413 e. The first-order valence-electron chi connectivity index (χ1n) is 12.5. The maximum absolute atomic E-state index is 7.08. The van der Waals surface area contributed by atoms with Crippen molar-refractivity contribution in [2.75, 3.05) is 6.61 Å². The second kappa shape index (κ2) is 10.4. The molecule has 198 valence electrons. The van der Waals surface area contributed by atoms with E-state index in [1.54, 1.807) is 0 Å². The Morgan fingerprint density at radius 2 is 1.21 bits per heavy atom. The first-order chi connectivity index (χ1) is 14.8. The standard InChI is InChI=1S/C25H52BClO4Si3/c1-22(2,3)32(10,11)28-18-25(16-17-27)20(31-34(14,15)24(7,8)9)19(21(26)29-25)30-33(12,13)23(4,5)6/h16-17,19-21H,18H2,1-15H3/b17-16-/t19-,20+,21-,25-/m1/s1. The van der Waals surface area contributed by atoms with Crippen LogP contribution in [0.3, 0.4) is 0 Å². The highest BCUT2D eigenvalue weighted by molar-refractivity contribution is 6.75. The Balaban J connectivity index is 3.57. The van der Waals surface area contributed by atoms with Gasteiger partial charge >= 0.3 is 0 Å². The first-order valence-corrected chi connectivity index (χ1v) is 21.7. The quantitative estimate of drug-likeness (QED) is 0.291. The van der Waals surface area contributed by atoms with Crippen molar-refractivity contribution in [3.63, 3.8) is 0 Å². The molecule has 0 bridgehead atoms. The van der Waals surface area contributed by atoms with Crippen LogP contribution in [0, 0.1) is 0 Å². The number of rotatable bonds is 8. The van der Waals surface area contributed by atoms with Gasteiger partial charge in [0.1, 0.15) is 19.6 Å². The Kier molecular flexibility index (Phi) is 9.97. The van der Waals surface area contributed by atoms with Crippen LogP contribution >= 0.6 is 11.6 Å². The summed E-state index contributed by atoms with van der Waals surface area (Å²) in [6, 6.07) is -0.639. The van der Waals surface area contributed by atoms with Crippen LogP contribution in [0.25, 0.3) is 0 Å². The predicted octanol–water partition coefficient (Wildman–Crippen LogP) is 7.81. The molecule has 0 unspecified atom stereocenters. The van der Waals surface area contributed by atoms with Crippen molar-refractivity contribution in [3.8, 4) is 0 Å². The molecule has 2 radical (unpaired) electrons. The predicted molar refractivity (Wildman–Crippen MR) is 156 cm³/mol. The summed E-state index contributed by atoms with van der Waals surface area (Å²) in [5.74, 6) is 0. The van der Waals surface area contributed by atoms with Gasteiger partial charge in [-0.25, -0.2) is 0 Å². The monoisotopic (exact) mass is 546 g/mol. The van der Waals surface area contributed by atoms with E-state index in [1.807, 2.05) is 6.08 Å². The van der Waals surface area contributed by atoms with Crippen molar-refractivity contribution in [3.05, 3.63) is 11.6 Å². The number of ether oxygens (including phenoxy) is 1. The summed E-state index contributed by atoms with van der Waals surface area (Å²) in [5, 5.41) is 0.101. The maximum atomic E-state index is 7.08. The topological polar surface area (TPSA) is 36.9 Å². The third-order valence-electron chi connectivity index (χ3n) is 8.73. The van der Waals surface area contributed by atoms with Gasteiger partial charge < -0.3 is 18.0 Å². The van der Waals surface area contributed by atoms with Crippen molar-refractivity contribution in [1.29, 1.82) is 0 Å². The molecular weight excluding hydrogens is 495 g/mol. The number of hydrogen-bond donors (Lipinski definition) is 0. The number of halogens is 1. The smallest absolute Gasteiger partial charge is 0.192 e. The van der Waals surface area contributed by atoms with E-state index in [-0.39, 0.29) is 15.1 Å². The van der Waals surface area contributed by atoms with E-state index in [2.05, 4.69) is 102 Å². The molecule has 1 aliphatic heterocycles. The van der Waals surface area contributed by atoms with Crippen LogP contribution in [0.4, 0.5) is 0 Å². The molecule has 1 fully saturated rings. The van der Waals surface area contributed by atoms with Crippen molar-refractivity contribution in [1.82, 2.24) is 0 Å². The molecule has 0 aromatic rings. The highest BCUT2D eigenvalue weighted by Gasteiger charge is 2.59. The average Bonchev–Trinajstić information content (AvgIpc) is 2.82. The van der Waals surface area contributed by atoms with Crippen molar-refractivity contribution in [2.45, 2.75) is 141 Å². The highest BCUT2D eigenvalue weighted by atomic mass is 35.5. The van der Waals surface area contributed by atoms with E-state index < -0.39 is 48.8 Å². The van der Waals surface area contributed by atoms with Gasteiger partial charge in [-0.2, -0.15) is 0 Å². The molecule has 0 spiro atoms. The molecular formula is C25H52BClO4Si3. The minimum atomic E-state index is -2.21. The van der Waals surface area contributed by atoms with Crippen LogP contribution in [-0.2, 0) is 18.0 Å². The lowest BCUT2D eigenvalue weighted by Gasteiger charge is -2.46. The van der Waals surface area contributed by atoms with E-state index in [4.69, 9.17) is 37.5 Å². The maximum Gasteiger partial charge on any atom is 0.192 e. The summed E-state index contributed by atoms with van der Waals surface area (Å²) in [6.45, 7) is 33.9. The fourth-order valence-electron chi connectivity index (χ4n) is 3.06. The van der Waals surface area contributed by atoms with E-state index in [1.165, 1.54) is 5.54 Å². The molecule has 1 aliphatic rings. The molecule has 0 aliphatic carbocycles. The van der Waals surface area contributed by atoms with Crippen molar-refractivity contribution >= 4 is 44.4 Å². The second-order valence-corrected chi connectivity index (χ2v) is 29.1. The molecule has 1 saturated heterocycles. The Morgan fingerprint density at radius 3 is 1.59 bits per heavy atom. The molecule has 0 saturated carbocycles. The van der Waals surface area contributed by atoms with Gasteiger partial charge in [0.05, 0.1) is 12.7 Å². The fourth-order valence-corrected chi connectivity index (χ4v) is 6.91. The van der Waals surface area contributed by atoms with Gasteiger partial charge in [0.2, 0.25) is 0 Å². The second-order valence-electron chi connectivity index (χ2n) is 14.5. The van der Waals surface area contributed by atoms with Gasteiger partial charge in [-0.3, -0.25) is 0 Å². The van der Waals surface area contributed by atoms with Crippen molar-refractivity contribution in [2.24, 2.45) is 0 Å². The Hall–Kier alpha value is 0.586. The summed E-state index contributed by atoms with van der Waals surface area (Å²) in [4.78, 5) is 0. The molecule has 34 heavy (non-hydrogen) atoms. The van der Waals surface area contributed by atoms with Crippen LogP contribution in [0.1, 0.15) is 62.3 Å². The average molecular weight is 547 g/mol. The van der Waals surface area contributed by atoms with E-state index in [0.29, 0.717) is 6.61 Å². The van der Waals surface area contributed by atoms with Crippen LogP contribution in [0.5, 0.6) is 0 Å². The Labute approximate surface area is 220 Å². The molecule has 1 rings (SSSR count). The molecule has 0 aromatic carbocycles. The van der Waals surface area contributed by atoms with Gasteiger partial charge in [-0.05, 0) is 60.5 Å². The first kappa shape index (κ1) is 32.6.